The van der Waals surface area contributed by atoms with E-state index in [0.717, 1.165) is 23.6 Å². The van der Waals surface area contributed by atoms with Crippen LogP contribution in [0, 0.1) is 0 Å². The number of amides is 2. The summed E-state index contributed by atoms with van der Waals surface area (Å²) < 4.78 is 5.63. The van der Waals surface area contributed by atoms with Gasteiger partial charge in [-0.1, -0.05) is 146 Å². The van der Waals surface area contributed by atoms with Gasteiger partial charge in [0.2, 0.25) is 0 Å². The molecule has 3 aromatic carbocycles. The van der Waals surface area contributed by atoms with E-state index >= 15 is 0 Å². The molecule has 0 aliphatic heterocycles. The third kappa shape index (κ3) is 12.8. The van der Waals surface area contributed by atoms with E-state index in [1.807, 2.05) is 54.6 Å². The molecule has 2 amide bonds. The Bertz CT molecular complexity index is 1160. The minimum Gasteiger partial charge on any atom is -0.409 e. The molecular formula is C36H50N2O3. The van der Waals surface area contributed by atoms with Crippen LogP contribution in [0.5, 0.6) is 5.75 Å². The molecule has 0 radical (unpaired) electrons. The number of ether oxygens (including phenoxy) is 1. The maximum atomic E-state index is 13.1. The second-order valence-corrected chi connectivity index (χ2v) is 11.1. The minimum absolute atomic E-state index is 0.251. The van der Waals surface area contributed by atoms with Crippen LogP contribution in [-0.2, 0) is 0 Å². The van der Waals surface area contributed by atoms with E-state index in [2.05, 4.69) is 17.6 Å². The number of rotatable bonds is 20. The first kappa shape index (κ1) is 32.2. The summed E-state index contributed by atoms with van der Waals surface area (Å²) in [4.78, 5) is 25.6. The minimum atomic E-state index is -0.532. The lowest BCUT2D eigenvalue weighted by Gasteiger charge is -2.13. The molecule has 0 saturated heterocycles. The van der Waals surface area contributed by atoms with Crippen LogP contribution < -0.4 is 15.4 Å². The number of carbonyl (C=O) groups excluding carboxylic acids is 2. The van der Waals surface area contributed by atoms with Crippen molar-refractivity contribution in [1.29, 1.82) is 0 Å². The van der Waals surface area contributed by atoms with Crippen molar-refractivity contribution < 1.29 is 14.3 Å². The molecule has 0 unspecified atom stereocenters. The van der Waals surface area contributed by atoms with Gasteiger partial charge in [0.25, 0.3) is 5.91 Å². The molecule has 41 heavy (non-hydrogen) atoms. The van der Waals surface area contributed by atoms with Crippen LogP contribution in [0.2, 0.25) is 0 Å². The SMILES string of the molecule is CCCCCCCCCCCCCCCCCCNC(=O)Oc1cc2ccccc2cc1C(=O)Nc1ccccc1. The molecule has 0 heterocycles. The largest absolute Gasteiger partial charge is 0.412 e. The zero-order valence-corrected chi connectivity index (χ0v) is 25.1. The first-order valence-corrected chi connectivity index (χ1v) is 16.0. The first-order chi connectivity index (χ1) is 20.2. The topological polar surface area (TPSA) is 67.4 Å². The number of para-hydroxylation sites is 1. The Balaban J connectivity index is 1.29. The summed E-state index contributed by atoms with van der Waals surface area (Å²) in [5.74, 6) is -0.0656. The van der Waals surface area contributed by atoms with Crippen molar-refractivity contribution in [2.75, 3.05) is 11.9 Å². The fraction of sp³-hybridized carbons (Fsp3) is 0.500. The normalized spacial score (nSPS) is 11.0. The van der Waals surface area contributed by atoms with Gasteiger partial charge in [0.1, 0.15) is 5.75 Å². The molecule has 0 aromatic heterocycles. The molecule has 0 saturated carbocycles. The highest BCUT2D eigenvalue weighted by molar-refractivity contribution is 6.09. The van der Waals surface area contributed by atoms with Gasteiger partial charge in [-0.25, -0.2) is 4.79 Å². The van der Waals surface area contributed by atoms with Gasteiger partial charge in [0, 0.05) is 12.2 Å². The molecule has 0 aliphatic carbocycles. The summed E-state index contributed by atoms with van der Waals surface area (Å²) in [5.41, 5.74) is 1.01. The summed E-state index contributed by atoms with van der Waals surface area (Å²) in [6, 6.07) is 20.5. The van der Waals surface area contributed by atoms with Gasteiger partial charge >= 0.3 is 6.09 Å². The van der Waals surface area contributed by atoms with Crippen LogP contribution in [0.4, 0.5) is 10.5 Å². The van der Waals surface area contributed by atoms with Crippen molar-refractivity contribution in [3.8, 4) is 5.75 Å². The van der Waals surface area contributed by atoms with Crippen LogP contribution in [0.1, 0.15) is 120 Å². The molecular weight excluding hydrogens is 508 g/mol. The van der Waals surface area contributed by atoms with Crippen molar-refractivity contribution in [1.82, 2.24) is 5.32 Å². The average Bonchev–Trinajstić information content (AvgIpc) is 2.99. The van der Waals surface area contributed by atoms with E-state index in [1.165, 1.54) is 89.9 Å². The molecule has 2 N–H and O–H groups in total. The predicted octanol–water partition coefficient (Wildman–Crippen LogP) is 10.4. The van der Waals surface area contributed by atoms with Crippen LogP contribution in [0.25, 0.3) is 10.8 Å². The fourth-order valence-corrected chi connectivity index (χ4v) is 5.20. The van der Waals surface area contributed by atoms with Crippen LogP contribution in [0.3, 0.4) is 0 Å². The third-order valence-corrected chi connectivity index (χ3v) is 7.63. The van der Waals surface area contributed by atoms with Crippen LogP contribution in [-0.4, -0.2) is 18.5 Å². The Morgan fingerprint density at radius 1 is 0.610 bits per heavy atom. The third-order valence-electron chi connectivity index (χ3n) is 7.63. The number of carbonyl (C=O) groups is 2. The Morgan fingerprint density at radius 2 is 1.10 bits per heavy atom. The molecule has 5 heteroatoms. The predicted molar refractivity (Wildman–Crippen MR) is 172 cm³/mol. The molecule has 3 rings (SSSR count). The Kier molecular flexibility index (Phi) is 15.5. The molecule has 5 nitrogen and oxygen atoms in total. The summed E-state index contributed by atoms with van der Waals surface area (Å²) in [7, 11) is 0. The van der Waals surface area contributed by atoms with E-state index < -0.39 is 6.09 Å². The summed E-state index contributed by atoms with van der Waals surface area (Å²) in [6.45, 7) is 2.84. The van der Waals surface area contributed by atoms with Crippen LogP contribution in [0.15, 0.2) is 66.7 Å². The van der Waals surface area contributed by atoms with Crippen molar-refractivity contribution in [3.05, 3.63) is 72.3 Å². The lowest BCUT2D eigenvalue weighted by Crippen LogP contribution is -2.28. The molecule has 0 spiro atoms. The maximum Gasteiger partial charge on any atom is 0.412 e. The fourth-order valence-electron chi connectivity index (χ4n) is 5.20. The number of unbranched alkanes of at least 4 members (excludes halogenated alkanes) is 15. The zero-order chi connectivity index (χ0) is 29.0. The Hall–Kier alpha value is -3.34. The number of hydrogen-bond donors (Lipinski definition) is 2. The highest BCUT2D eigenvalue weighted by Crippen LogP contribution is 2.27. The summed E-state index contributed by atoms with van der Waals surface area (Å²) in [6.07, 6.45) is 20.5. The maximum absolute atomic E-state index is 13.1. The van der Waals surface area contributed by atoms with Crippen LogP contribution >= 0.6 is 0 Å². The van der Waals surface area contributed by atoms with Gasteiger partial charge in [0.15, 0.2) is 0 Å². The second kappa shape index (κ2) is 19.7. The molecule has 3 aromatic rings. The van der Waals surface area contributed by atoms with Crippen molar-refractivity contribution in [3.63, 3.8) is 0 Å². The summed E-state index contributed by atoms with van der Waals surface area (Å²) in [5, 5.41) is 7.56. The van der Waals surface area contributed by atoms with Crippen molar-refractivity contribution >= 4 is 28.5 Å². The van der Waals surface area contributed by atoms with Gasteiger partial charge in [-0.3, -0.25) is 4.79 Å². The number of anilines is 1. The monoisotopic (exact) mass is 558 g/mol. The van der Waals surface area contributed by atoms with E-state index in [1.54, 1.807) is 12.1 Å². The molecule has 0 fully saturated rings. The lowest BCUT2D eigenvalue weighted by molar-refractivity contribution is 0.102. The van der Waals surface area contributed by atoms with Gasteiger partial charge in [-0.2, -0.15) is 0 Å². The Labute approximate surface area is 247 Å². The molecule has 222 valence electrons. The van der Waals surface area contributed by atoms with Gasteiger partial charge in [0.05, 0.1) is 5.56 Å². The van der Waals surface area contributed by atoms with E-state index in [0.29, 0.717) is 17.8 Å². The van der Waals surface area contributed by atoms with Gasteiger partial charge < -0.3 is 15.4 Å². The molecule has 0 bridgehead atoms. The van der Waals surface area contributed by atoms with E-state index in [4.69, 9.17) is 4.74 Å². The number of benzene rings is 3. The number of fused-ring (bicyclic) bond motifs is 1. The highest BCUT2D eigenvalue weighted by atomic mass is 16.6. The highest BCUT2D eigenvalue weighted by Gasteiger charge is 2.17. The molecule has 0 aliphatic rings. The smallest absolute Gasteiger partial charge is 0.409 e. The first-order valence-electron chi connectivity index (χ1n) is 16.0. The molecule has 0 atom stereocenters. The lowest BCUT2D eigenvalue weighted by atomic mass is 10.0. The number of nitrogens with one attached hydrogen (secondary N) is 2. The van der Waals surface area contributed by atoms with Gasteiger partial charge in [-0.15, -0.1) is 0 Å². The quantitative estimate of drug-likeness (QED) is 0.136. The second-order valence-electron chi connectivity index (χ2n) is 11.1. The zero-order valence-electron chi connectivity index (χ0n) is 25.1. The standard InChI is InChI=1S/C36H50N2O3/c1-2-3-4-5-6-7-8-9-10-11-12-13-14-15-16-22-27-37-36(40)41-34-29-31-24-21-20-23-30(31)28-33(34)35(39)38-32-25-18-17-19-26-32/h17-21,23-26,28-29H,2-16,22,27H2,1H3,(H,37,40)(H,38,39). The van der Waals surface area contributed by atoms with E-state index in [9.17, 15) is 9.59 Å². The Morgan fingerprint density at radius 3 is 1.66 bits per heavy atom. The average molecular weight is 559 g/mol. The number of hydrogen-bond acceptors (Lipinski definition) is 3. The summed E-state index contributed by atoms with van der Waals surface area (Å²) >= 11 is 0. The van der Waals surface area contributed by atoms with Crippen molar-refractivity contribution in [2.24, 2.45) is 0 Å². The van der Waals surface area contributed by atoms with Crippen molar-refractivity contribution in [2.45, 2.75) is 110 Å². The van der Waals surface area contributed by atoms with E-state index in [-0.39, 0.29) is 11.7 Å². The van der Waals surface area contributed by atoms with Gasteiger partial charge in [-0.05, 0) is 41.5 Å².